The van der Waals surface area contributed by atoms with Gasteiger partial charge in [0.2, 0.25) is 0 Å². The standard InChI is InChI=1S/C16H21NO3/c1-2-9-16(13-18)10-6-11-17(16)15(19)20-12-14-7-4-3-5-8-14/h3-5,7-8,13H,2,6,9-12H2,1H3/t16-/m0/s1. The molecule has 1 saturated heterocycles. The molecule has 1 aromatic rings. The molecule has 2 rings (SSSR count). The van der Waals surface area contributed by atoms with Gasteiger partial charge in [-0.2, -0.15) is 0 Å². The van der Waals surface area contributed by atoms with Gasteiger partial charge in [0.25, 0.3) is 0 Å². The van der Waals surface area contributed by atoms with Gasteiger partial charge in [0, 0.05) is 6.54 Å². The number of rotatable bonds is 5. The van der Waals surface area contributed by atoms with Crippen molar-refractivity contribution in [1.29, 1.82) is 0 Å². The van der Waals surface area contributed by atoms with Gasteiger partial charge in [0.1, 0.15) is 18.4 Å². The van der Waals surface area contributed by atoms with Crippen molar-refractivity contribution in [3.8, 4) is 0 Å². The summed E-state index contributed by atoms with van der Waals surface area (Å²) in [4.78, 5) is 25.3. The summed E-state index contributed by atoms with van der Waals surface area (Å²) >= 11 is 0. The maximum atomic E-state index is 12.2. The van der Waals surface area contributed by atoms with Crippen LogP contribution in [0.15, 0.2) is 30.3 Å². The van der Waals surface area contributed by atoms with Crippen LogP contribution in [0, 0.1) is 0 Å². The third-order valence-corrected chi connectivity index (χ3v) is 3.86. The highest BCUT2D eigenvalue weighted by atomic mass is 16.6. The van der Waals surface area contributed by atoms with Gasteiger partial charge >= 0.3 is 6.09 Å². The molecule has 0 spiro atoms. The van der Waals surface area contributed by atoms with Gasteiger partial charge in [0.05, 0.1) is 0 Å². The molecular weight excluding hydrogens is 254 g/mol. The largest absolute Gasteiger partial charge is 0.445 e. The van der Waals surface area contributed by atoms with E-state index >= 15 is 0 Å². The van der Waals surface area contributed by atoms with Crippen molar-refractivity contribution in [3.05, 3.63) is 35.9 Å². The molecule has 0 saturated carbocycles. The summed E-state index contributed by atoms with van der Waals surface area (Å²) in [7, 11) is 0. The molecule has 0 aliphatic carbocycles. The van der Waals surface area contributed by atoms with Gasteiger partial charge in [-0.3, -0.25) is 4.90 Å². The highest BCUT2D eigenvalue weighted by Crippen LogP contribution is 2.32. The summed E-state index contributed by atoms with van der Waals surface area (Å²) in [5.41, 5.74) is 0.301. The third-order valence-electron chi connectivity index (χ3n) is 3.86. The van der Waals surface area contributed by atoms with E-state index in [-0.39, 0.29) is 12.7 Å². The van der Waals surface area contributed by atoms with Crippen molar-refractivity contribution < 1.29 is 14.3 Å². The summed E-state index contributed by atoms with van der Waals surface area (Å²) in [6.07, 6.45) is 3.72. The van der Waals surface area contributed by atoms with E-state index in [0.29, 0.717) is 13.0 Å². The first-order valence-corrected chi connectivity index (χ1v) is 7.16. The number of carbonyl (C=O) groups is 2. The number of amides is 1. The van der Waals surface area contributed by atoms with Crippen LogP contribution in [0.5, 0.6) is 0 Å². The fraction of sp³-hybridized carbons (Fsp3) is 0.500. The lowest BCUT2D eigenvalue weighted by Gasteiger charge is -2.32. The number of hydrogen-bond acceptors (Lipinski definition) is 3. The highest BCUT2D eigenvalue weighted by Gasteiger charge is 2.43. The number of hydrogen-bond donors (Lipinski definition) is 0. The minimum absolute atomic E-state index is 0.247. The lowest BCUT2D eigenvalue weighted by atomic mass is 9.93. The Labute approximate surface area is 119 Å². The molecule has 0 unspecified atom stereocenters. The van der Waals surface area contributed by atoms with Crippen molar-refractivity contribution in [1.82, 2.24) is 4.90 Å². The summed E-state index contributed by atoms with van der Waals surface area (Å²) in [6, 6.07) is 9.56. The lowest BCUT2D eigenvalue weighted by molar-refractivity contribution is -0.117. The van der Waals surface area contributed by atoms with E-state index in [9.17, 15) is 9.59 Å². The molecule has 4 nitrogen and oxygen atoms in total. The van der Waals surface area contributed by atoms with Gasteiger partial charge < -0.3 is 9.53 Å². The Kier molecular flexibility index (Phi) is 4.77. The van der Waals surface area contributed by atoms with Gasteiger partial charge in [0.15, 0.2) is 0 Å². The fourth-order valence-electron chi connectivity index (χ4n) is 2.85. The van der Waals surface area contributed by atoms with Crippen LogP contribution < -0.4 is 0 Å². The number of benzene rings is 1. The molecule has 1 heterocycles. The Morgan fingerprint density at radius 3 is 2.80 bits per heavy atom. The van der Waals surface area contributed by atoms with Crippen LogP contribution in [0.3, 0.4) is 0 Å². The second kappa shape index (κ2) is 6.55. The van der Waals surface area contributed by atoms with Crippen LogP contribution in [0.1, 0.15) is 38.2 Å². The summed E-state index contributed by atoms with van der Waals surface area (Å²) in [6.45, 7) is 2.88. The second-order valence-electron chi connectivity index (χ2n) is 5.27. The number of ether oxygens (including phenoxy) is 1. The highest BCUT2D eigenvalue weighted by molar-refractivity contribution is 5.77. The van der Waals surface area contributed by atoms with E-state index in [1.165, 1.54) is 0 Å². The minimum atomic E-state index is -0.650. The van der Waals surface area contributed by atoms with Crippen molar-refractivity contribution >= 4 is 12.4 Å². The maximum absolute atomic E-state index is 12.2. The molecule has 1 atom stereocenters. The first-order valence-electron chi connectivity index (χ1n) is 7.16. The van der Waals surface area contributed by atoms with E-state index in [2.05, 4.69) is 0 Å². The van der Waals surface area contributed by atoms with Crippen LogP contribution >= 0.6 is 0 Å². The number of aldehydes is 1. The second-order valence-corrected chi connectivity index (χ2v) is 5.27. The molecule has 4 heteroatoms. The number of nitrogens with zero attached hydrogens (tertiary/aromatic N) is 1. The molecular formula is C16H21NO3. The topological polar surface area (TPSA) is 46.6 Å². The summed E-state index contributed by atoms with van der Waals surface area (Å²) in [5.74, 6) is 0. The Morgan fingerprint density at radius 1 is 1.40 bits per heavy atom. The molecule has 1 fully saturated rings. The maximum Gasteiger partial charge on any atom is 0.410 e. The SMILES string of the molecule is CCC[C@@]1(C=O)CCCN1C(=O)OCc1ccccc1. The molecule has 1 aromatic carbocycles. The first kappa shape index (κ1) is 14.6. The minimum Gasteiger partial charge on any atom is -0.445 e. The van der Waals surface area contributed by atoms with Gasteiger partial charge in [-0.1, -0.05) is 43.7 Å². The van der Waals surface area contributed by atoms with Crippen molar-refractivity contribution in [2.45, 2.75) is 44.8 Å². The lowest BCUT2D eigenvalue weighted by Crippen LogP contribution is -2.48. The monoisotopic (exact) mass is 275 g/mol. The number of likely N-dealkylation sites (tertiary alicyclic amines) is 1. The fourth-order valence-corrected chi connectivity index (χ4v) is 2.85. The molecule has 1 aliphatic heterocycles. The van der Waals surface area contributed by atoms with E-state index in [1.54, 1.807) is 4.90 Å². The van der Waals surface area contributed by atoms with Gasteiger partial charge in [-0.25, -0.2) is 4.79 Å². The zero-order chi connectivity index (χ0) is 14.4. The van der Waals surface area contributed by atoms with E-state index in [0.717, 1.165) is 31.1 Å². The summed E-state index contributed by atoms with van der Waals surface area (Å²) < 4.78 is 5.34. The Balaban J connectivity index is 1.99. The molecule has 0 bridgehead atoms. The normalized spacial score (nSPS) is 21.8. The van der Waals surface area contributed by atoms with Crippen LogP contribution in [-0.4, -0.2) is 29.4 Å². The average molecular weight is 275 g/mol. The van der Waals surface area contributed by atoms with Crippen LogP contribution in [0.4, 0.5) is 4.79 Å². The van der Waals surface area contributed by atoms with Crippen LogP contribution in [0.2, 0.25) is 0 Å². The van der Waals surface area contributed by atoms with Crippen molar-refractivity contribution in [2.75, 3.05) is 6.54 Å². The van der Waals surface area contributed by atoms with E-state index < -0.39 is 5.54 Å². The van der Waals surface area contributed by atoms with E-state index in [4.69, 9.17) is 4.74 Å². The Morgan fingerprint density at radius 2 is 2.15 bits per heavy atom. The smallest absolute Gasteiger partial charge is 0.410 e. The third kappa shape index (κ3) is 3.00. The quantitative estimate of drug-likeness (QED) is 0.775. The zero-order valence-corrected chi connectivity index (χ0v) is 11.9. The molecule has 1 aliphatic rings. The van der Waals surface area contributed by atoms with Crippen LogP contribution in [-0.2, 0) is 16.1 Å². The summed E-state index contributed by atoms with van der Waals surface area (Å²) in [5, 5.41) is 0. The molecule has 0 radical (unpaired) electrons. The van der Waals surface area contributed by atoms with E-state index in [1.807, 2.05) is 37.3 Å². The molecule has 0 N–H and O–H groups in total. The molecule has 20 heavy (non-hydrogen) atoms. The average Bonchev–Trinajstić information content (AvgIpc) is 2.90. The molecule has 0 aromatic heterocycles. The van der Waals surface area contributed by atoms with Crippen molar-refractivity contribution in [3.63, 3.8) is 0 Å². The first-order chi connectivity index (χ1) is 9.72. The van der Waals surface area contributed by atoms with Crippen LogP contribution in [0.25, 0.3) is 0 Å². The van der Waals surface area contributed by atoms with Gasteiger partial charge in [-0.05, 0) is 24.8 Å². The van der Waals surface area contributed by atoms with Gasteiger partial charge in [-0.15, -0.1) is 0 Å². The molecule has 1 amide bonds. The molecule has 108 valence electrons. The number of carbonyl (C=O) groups excluding carboxylic acids is 2. The predicted octanol–water partition coefficient (Wildman–Crippen LogP) is 3.16. The predicted molar refractivity (Wildman–Crippen MR) is 76.3 cm³/mol. The van der Waals surface area contributed by atoms with Crippen molar-refractivity contribution in [2.24, 2.45) is 0 Å². The Bertz CT molecular complexity index is 460. The Hall–Kier alpha value is -1.84. The zero-order valence-electron chi connectivity index (χ0n) is 11.9.